The maximum Gasteiger partial charge on any atom is 0.235 e. The topological polar surface area (TPSA) is 56.2 Å². The summed E-state index contributed by atoms with van der Waals surface area (Å²) >= 11 is 0. The number of hydrogen-bond donors (Lipinski definition) is 1. The van der Waals surface area contributed by atoms with E-state index in [1.807, 2.05) is 25.3 Å². The highest BCUT2D eigenvalue weighted by molar-refractivity contribution is 5.81. The van der Waals surface area contributed by atoms with Crippen LogP contribution in [0.3, 0.4) is 0 Å². The largest absolute Gasteiger partial charge is 0.321 e. The van der Waals surface area contributed by atoms with Crippen molar-refractivity contribution in [1.82, 2.24) is 14.4 Å². The second-order valence-corrected chi connectivity index (χ2v) is 7.50. The van der Waals surface area contributed by atoms with Gasteiger partial charge in [-0.1, -0.05) is 54.6 Å². The van der Waals surface area contributed by atoms with Gasteiger partial charge < -0.3 is 5.73 Å². The third-order valence-electron chi connectivity index (χ3n) is 5.66. The number of hydrogen-bond acceptors (Lipinski definition) is 3. The monoisotopic (exact) mass is 354 g/mol. The Balaban J connectivity index is 1.68. The molecule has 2 N–H and O–H groups in total. The fourth-order valence-electron chi connectivity index (χ4n) is 3.90. The quantitative estimate of drug-likeness (QED) is 0.580. The van der Waals surface area contributed by atoms with Crippen LogP contribution in [0.5, 0.6) is 0 Å². The van der Waals surface area contributed by atoms with Gasteiger partial charge in [0.05, 0.1) is 11.4 Å². The maximum absolute atomic E-state index is 6.48. The molecule has 1 aliphatic carbocycles. The predicted octanol–water partition coefficient (Wildman–Crippen LogP) is 4.71. The standard InChI is InChI=1S/C23H22N4/c1-16-12-15-27-21(18-6-3-2-4-7-18)20(26-22(27)25-16)17-8-10-19(11-9-17)23(24)13-5-14-23/h2-4,6-12,15H,5,13-14,24H2,1H3. The van der Waals surface area contributed by atoms with Crippen molar-refractivity contribution < 1.29 is 0 Å². The summed E-state index contributed by atoms with van der Waals surface area (Å²) in [5.74, 6) is 0.724. The molecule has 0 spiro atoms. The molecule has 1 fully saturated rings. The highest BCUT2D eigenvalue weighted by atomic mass is 15.1. The molecule has 0 aliphatic heterocycles. The van der Waals surface area contributed by atoms with E-state index in [1.54, 1.807) is 0 Å². The van der Waals surface area contributed by atoms with Crippen LogP contribution in [0, 0.1) is 6.92 Å². The lowest BCUT2D eigenvalue weighted by Gasteiger charge is -2.38. The minimum Gasteiger partial charge on any atom is -0.321 e. The van der Waals surface area contributed by atoms with Gasteiger partial charge in [-0.2, -0.15) is 0 Å². The van der Waals surface area contributed by atoms with Crippen LogP contribution in [0.15, 0.2) is 66.9 Å². The first-order valence-corrected chi connectivity index (χ1v) is 9.45. The van der Waals surface area contributed by atoms with Crippen molar-refractivity contribution in [3.8, 4) is 22.5 Å². The van der Waals surface area contributed by atoms with Crippen LogP contribution in [0.1, 0.15) is 30.5 Å². The van der Waals surface area contributed by atoms with Crippen molar-refractivity contribution in [3.05, 3.63) is 78.1 Å². The number of aromatic nitrogens is 3. The Morgan fingerprint density at radius 3 is 2.30 bits per heavy atom. The average Bonchev–Trinajstić information content (AvgIpc) is 3.05. The first-order valence-electron chi connectivity index (χ1n) is 9.45. The van der Waals surface area contributed by atoms with Gasteiger partial charge in [-0.3, -0.25) is 4.40 Å². The Kier molecular flexibility index (Phi) is 3.62. The Morgan fingerprint density at radius 2 is 1.63 bits per heavy atom. The van der Waals surface area contributed by atoms with E-state index in [9.17, 15) is 0 Å². The number of imidazole rings is 1. The molecule has 4 nitrogen and oxygen atoms in total. The molecule has 0 amide bonds. The average molecular weight is 354 g/mol. The fourth-order valence-corrected chi connectivity index (χ4v) is 3.90. The van der Waals surface area contributed by atoms with E-state index in [4.69, 9.17) is 10.7 Å². The van der Waals surface area contributed by atoms with Gasteiger partial charge in [-0.15, -0.1) is 0 Å². The molecule has 1 aliphatic rings. The van der Waals surface area contributed by atoms with Crippen molar-refractivity contribution in [1.29, 1.82) is 0 Å². The van der Waals surface area contributed by atoms with Crippen LogP contribution in [0.2, 0.25) is 0 Å². The number of fused-ring (bicyclic) bond motifs is 1. The molecule has 0 saturated heterocycles. The first kappa shape index (κ1) is 16.2. The van der Waals surface area contributed by atoms with Gasteiger partial charge in [0.25, 0.3) is 0 Å². The molecule has 1 saturated carbocycles. The van der Waals surface area contributed by atoms with Crippen molar-refractivity contribution >= 4 is 5.78 Å². The second kappa shape index (κ2) is 6.03. The summed E-state index contributed by atoms with van der Waals surface area (Å²) in [5.41, 5.74) is 12.8. The molecule has 2 heterocycles. The van der Waals surface area contributed by atoms with Gasteiger partial charge in [0.1, 0.15) is 0 Å². The summed E-state index contributed by atoms with van der Waals surface area (Å²) in [6, 6.07) is 21.0. The van der Waals surface area contributed by atoms with E-state index in [-0.39, 0.29) is 5.54 Å². The lowest BCUT2D eigenvalue weighted by Crippen LogP contribution is -2.43. The molecular formula is C23H22N4. The SMILES string of the molecule is Cc1ccn2c(-c3ccccc3)c(-c3ccc(C4(N)CCC4)cc3)nc2n1. The fraction of sp³-hybridized carbons (Fsp3) is 0.217. The Bertz CT molecular complexity index is 1110. The van der Waals surface area contributed by atoms with Gasteiger partial charge in [-0.25, -0.2) is 9.97 Å². The second-order valence-electron chi connectivity index (χ2n) is 7.50. The molecule has 5 rings (SSSR count). The van der Waals surface area contributed by atoms with Crippen LogP contribution in [-0.2, 0) is 5.54 Å². The third kappa shape index (κ3) is 2.64. The Hall–Kier alpha value is -2.98. The molecule has 4 heteroatoms. The van der Waals surface area contributed by atoms with E-state index in [0.29, 0.717) is 0 Å². The van der Waals surface area contributed by atoms with Crippen molar-refractivity contribution in [2.45, 2.75) is 31.7 Å². The summed E-state index contributed by atoms with van der Waals surface area (Å²) in [4.78, 5) is 9.49. The van der Waals surface area contributed by atoms with E-state index in [1.165, 1.54) is 12.0 Å². The number of benzene rings is 2. The summed E-state index contributed by atoms with van der Waals surface area (Å²) in [6.07, 6.45) is 5.40. The zero-order valence-corrected chi connectivity index (χ0v) is 15.4. The molecule has 0 radical (unpaired) electrons. The first-order chi connectivity index (χ1) is 13.1. The highest BCUT2D eigenvalue weighted by Crippen LogP contribution is 2.40. The van der Waals surface area contributed by atoms with Crippen LogP contribution in [-0.4, -0.2) is 14.4 Å². The highest BCUT2D eigenvalue weighted by Gasteiger charge is 2.34. The van der Waals surface area contributed by atoms with Crippen LogP contribution in [0.4, 0.5) is 0 Å². The van der Waals surface area contributed by atoms with Gasteiger partial charge in [0.15, 0.2) is 0 Å². The third-order valence-corrected chi connectivity index (χ3v) is 5.66. The van der Waals surface area contributed by atoms with E-state index in [0.717, 1.165) is 46.8 Å². The Morgan fingerprint density at radius 1 is 0.889 bits per heavy atom. The summed E-state index contributed by atoms with van der Waals surface area (Å²) < 4.78 is 2.07. The van der Waals surface area contributed by atoms with E-state index < -0.39 is 0 Å². The van der Waals surface area contributed by atoms with Gasteiger partial charge in [0.2, 0.25) is 5.78 Å². The van der Waals surface area contributed by atoms with Crippen molar-refractivity contribution in [2.75, 3.05) is 0 Å². The molecule has 0 atom stereocenters. The summed E-state index contributed by atoms with van der Waals surface area (Å²) in [6.45, 7) is 1.99. The van der Waals surface area contributed by atoms with Crippen molar-refractivity contribution in [2.24, 2.45) is 5.73 Å². The van der Waals surface area contributed by atoms with Gasteiger partial charge >= 0.3 is 0 Å². The molecule has 134 valence electrons. The normalized spacial score (nSPS) is 15.6. The zero-order chi connectivity index (χ0) is 18.4. The maximum atomic E-state index is 6.48. The van der Waals surface area contributed by atoms with Crippen molar-refractivity contribution in [3.63, 3.8) is 0 Å². The predicted molar refractivity (Wildman–Crippen MR) is 108 cm³/mol. The molecule has 2 aromatic heterocycles. The van der Waals surface area contributed by atoms with Gasteiger partial charge in [0, 0.05) is 28.6 Å². The van der Waals surface area contributed by atoms with Crippen LogP contribution in [0.25, 0.3) is 28.3 Å². The number of nitrogens with zero attached hydrogens (tertiary/aromatic N) is 3. The molecule has 27 heavy (non-hydrogen) atoms. The number of nitrogens with two attached hydrogens (primary N) is 1. The zero-order valence-electron chi connectivity index (χ0n) is 15.4. The summed E-state index contributed by atoms with van der Waals surface area (Å²) in [5, 5.41) is 0. The lowest BCUT2D eigenvalue weighted by molar-refractivity contribution is 0.253. The molecule has 0 bridgehead atoms. The molecule has 2 aromatic carbocycles. The number of aryl methyl sites for hydroxylation is 1. The Labute approximate surface area is 158 Å². The molecule has 4 aromatic rings. The van der Waals surface area contributed by atoms with Gasteiger partial charge in [-0.05, 0) is 37.8 Å². The smallest absolute Gasteiger partial charge is 0.235 e. The van der Waals surface area contributed by atoms with Crippen LogP contribution < -0.4 is 5.73 Å². The minimum absolute atomic E-state index is 0.141. The lowest BCUT2D eigenvalue weighted by atomic mass is 9.72. The summed E-state index contributed by atoms with van der Waals surface area (Å²) in [7, 11) is 0. The van der Waals surface area contributed by atoms with E-state index in [2.05, 4.69) is 57.9 Å². The van der Waals surface area contributed by atoms with E-state index >= 15 is 0 Å². The number of rotatable bonds is 3. The molecule has 0 unspecified atom stereocenters. The minimum atomic E-state index is -0.141. The van der Waals surface area contributed by atoms with Crippen LogP contribution >= 0.6 is 0 Å². The molecular weight excluding hydrogens is 332 g/mol.